The Balaban J connectivity index is 1.97. The minimum atomic E-state index is -0.487. The lowest BCUT2D eigenvalue weighted by Crippen LogP contribution is -2.52. The maximum atomic E-state index is 10.2. The topological polar surface area (TPSA) is 23.5 Å². The molecular weight excluding hydrogens is 198 g/mol. The fourth-order valence-corrected chi connectivity index (χ4v) is 3.47. The molecule has 94 valence electrons. The van der Waals surface area contributed by atoms with E-state index < -0.39 is 5.60 Å². The van der Waals surface area contributed by atoms with Crippen LogP contribution in [0.15, 0.2) is 0 Å². The molecule has 0 radical (unpaired) electrons. The average Bonchev–Trinajstić information content (AvgIpc) is 2.29. The lowest BCUT2D eigenvalue weighted by Gasteiger charge is -2.46. The third-order valence-electron chi connectivity index (χ3n) is 4.66. The number of rotatable bonds is 3. The summed E-state index contributed by atoms with van der Waals surface area (Å²) in [6.45, 7) is 6.16. The first-order chi connectivity index (χ1) is 7.62. The number of likely N-dealkylation sites (tertiary alicyclic amines) is 1. The van der Waals surface area contributed by atoms with Crippen LogP contribution in [-0.2, 0) is 0 Å². The zero-order valence-electron chi connectivity index (χ0n) is 10.9. The molecule has 1 saturated heterocycles. The van der Waals surface area contributed by atoms with Gasteiger partial charge in [-0.1, -0.05) is 19.8 Å². The van der Waals surface area contributed by atoms with Gasteiger partial charge in [-0.2, -0.15) is 0 Å². The molecular formula is C14H27NO. The van der Waals surface area contributed by atoms with Gasteiger partial charge in [0.25, 0.3) is 0 Å². The van der Waals surface area contributed by atoms with E-state index in [2.05, 4.69) is 11.8 Å². The molecule has 0 aromatic heterocycles. The number of fused-ring (bicyclic) bond motifs is 1. The second-order valence-corrected chi connectivity index (χ2v) is 6.08. The fourth-order valence-electron chi connectivity index (χ4n) is 3.47. The highest BCUT2D eigenvalue weighted by molar-refractivity contribution is 4.90. The van der Waals surface area contributed by atoms with Gasteiger partial charge in [-0.05, 0) is 51.5 Å². The molecule has 1 aliphatic heterocycles. The molecule has 2 nitrogen and oxygen atoms in total. The maximum absolute atomic E-state index is 10.2. The fraction of sp³-hybridized carbons (Fsp3) is 1.00. The standard InChI is InChI=1S/C14H27NO/c1-3-14(2,16)11-15-10-6-8-12-7-4-5-9-13(12)15/h12-13,16H,3-11H2,1-2H3. The SMILES string of the molecule is CCC(C)(O)CN1CCCC2CCCCC21. The molecule has 16 heavy (non-hydrogen) atoms. The van der Waals surface area contributed by atoms with Crippen LogP contribution in [0, 0.1) is 5.92 Å². The van der Waals surface area contributed by atoms with Gasteiger partial charge in [-0.15, -0.1) is 0 Å². The second kappa shape index (κ2) is 5.05. The Labute approximate surface area is 100 Å². The van der Waals surface area contributed by atoms with Gasteiger partial charge in [0.1, 0.15) is 0 Å². The van der Waals surface area contributed by atoms with E-state index >= 15 is 0 Å². The predicted molar refractivity (Wildman–Crippen MR) is 67.5 cm³/mol. The van der Waals surface area contributed by atoms with E-state index in [1.165, 1.54) is 45.1 Å². The quantitative estimate of drug-likeness (QED) is 0.798. The van der Waals surface area contributed by atoms with Crippen molar-refractivity contribution in [1.29, 1.82) is 0 Å². The first kappa shape index (κ1) is 12.4. The molecule has 1 aliphatic carbocycles. The van der Waals surface area contributed by atoms with Crippen LogP contribution in [0.1, 0.15) is 58.8 Å². The number of hydrogen-bond donors (Lipinski definition) is 1. The first-order valence-electron chi connectivity index (χ1n) is 7.09. The van der Waals surface area contributed by atoms with Crippen molar-refractivity contribution in [2.45, 2.75) is 70.4 Å². The summed E-state index contributed by atoms with van der Waals surface area (Å²) in [5.41, 5.74) is -0.487. The van der Waals surface area contributed by atoms with E-state index in [0.717, 1.165) is 24.9 Å². The van der Waals surface area contributed by atoms with Crippen LogP contribution in [0.4, 0.5) is 0 Å². The van der Waals surface area contributed by atoms with Crippen LogP contribution in [0.2, 0.25) is 0 Å². The summed E-state index contributed by atoms with van der Waals surface area (Å²) in [5, 5.41) is 10.2. The number of aliphatic hydroxyl groups is 1. The predicted octanol–water partition coefficient (Wildman–Crippen LogP) is 2.80. The second-order valence-electron chi connectivity index (χ2n) is 6.08. The summed E-state index contributed by atoms with van der Waals surface area (Å²) >= 11 is 0. The average molecular weight is 225 g/mol. The highest BCUT2D eigenvalue weighted by atomic mass is 16.3. The monoisotopic (exact) mass is 225 g/mol. The van der Waals surface area contributed by atoms with Crippen LogP contribution < -0.4 is 0 Å². The van der Waals surface area contributed by atoms with Crippen LogP contribution >= 0.6 is 0 Å². The summed E-state index contributed by atoms with van der Waals surface area (Å²) in [4.78, 5) is 2.58. The van der Waals surface area contributed by atoms with Crippen molar-refractivity contribution < 1.29 is 5.11 Å². The summed E-state index contributed by atoms with van der Waals surface area (Å²) < 4.78 is 0. The van der Waals surface area contributed by atoms with Gasteiger partial charge in [0.2, 0.25) is 0 Å². The Bertz CT molecular complexity index is 225. The van der Waals surface area contributed by atoms with Crippen molar-refractivity contribution in [2.75, 3.05) is 13.1 Å². The maximum Gasteiger partial charge on any atom is 0.0743 e. The van der Waals surface area contributed by atoms with Gasteiger partial charge in [0.05, 0.1) is 5.60 Å². The van der Waals surface area contributed by atoms with Crippen LogP contribution in [0.25, 0.3) is 0 Å². The third-order valence-corrected chi connectivity index (χ3v) is 4.66. The minimum Gasteiger partial charge on any atom is -0.389 e. The molecule has 1 saturated carbocycles. The molecule has 2 fully saturated rings. The molecule has 2 rings (SSSR count). The van der Waals surface area contributed by atoms with Crippen molar-refractivity contribution in [1.82, 2.24) is 4.90 Å². The summed E-state index contributed by atoms with van der Waals surface area (Å²) in [5.74, 6) is 0.926. The lowest BCUT2D eigenvalue weighted by molar-refractivity contribution is -0.0286. The molecule has 0 amide bonds. The van der Waals surface area contributed by atoms with Crippen molar-refractivity contribution in [3.8, 4) is 0 Å². The molecule has 0 spiro atoms. The van der Waals surface area contributed by atoms with Gasteiger partial charge >= 0.3 is 0 Å². The van der Waals surface area contributed by atoms with Crippen LogP contribution in [0.3, 0.4) is 0 Å². The minimum absolute atomic E-state index is 0.487. The molecule has 0 aromatic carbocycles. The lowest BCUT2D eigenvalue weighted by atomic mass is 9.78. The van der Waals surface area contributed by atoms with Crippen LogP contribution in [-0.4, -0.2) is 34.7 Å². The van der Waals surface area contributed by atoms with E-state index in [9.17, 15) is 5.11 Å². The molecule has 2 heteroatoms. The highest BCUT2D eigenvalue weighted by Crippen LogP contribution is 2.35. The molecule has 3 unspecified atom stereocenters. The summed E-state index contributed by atoms with van der Waals surface area (Å²) in [7, 11) is 0. The summed E-state index contributed by atoms with van der Waals surface area (Å²) in [6, 6.07) is 0.778. The Morgan fingerprint density at radius 3 is 2.62 bits per heavy atom. The third kappa shape index (κ3) is 2.78. The Morgan fingerprint density at radius 2 is 1.88 bits per heavy atom. The Morgan fingerprint density at radius 1 is 1.19 bits per heavy atom. The van der Waals surface area contributed by atoms with E-state index in [1.807, 2.05) is 6.92 Å². The van der Waals surface area contributed by atoms with E-state index in [4.69, 9.17) is 0 Å². The molecule has 2 aliphatic rings. The number of piperidine rings is 1. The number of nitrogens with zero attached hydrogens (tertiary/aromatic N) is 1. The van der Waals surface area contributed by atoms with E-state index in [-0.39, 0.29) is 0 Å². The van der Waals surface area contributed by atoms with Gasteiger partial charge in [0, 0.05) is 12.6 Å². The van der Waals surface area contributed by atoms with Gasteiger partial charge < -0.3 is 5.11 Å². The van der Waals surface area contributed by atoms with Gasteiger partial charge in [0.15, 0.2) is 0 Å². The van der Waals surface area contributed by atoms with Crippen molar-refractivity contribution in [3.05, 3.63) is 0 Å². The van der Waals surface area contributed by atoms with Crippen molar-refractivity contribution in [2.24, 2.45) is 5.92 Å². The van der Waals surface area contributed by atoms with E-state index in [1.54, 1.807) is 0 Å². The molecule has 1 heterocycles. The van der Waals surface area contributed by atoms with Crippen LogP contribution in [0.5, 0.6) is 0 Å². The smallest absolute Gasteiger partial charge is 0.0743 e. The van der Waals surface area contributed by atoms with Gasteiger partial charge in [-0.3, -0.25) is 4.90 Å². The van der Waals surface area contributed by atoms with Crippen molar-refractivity contribution >= 4 is 0 Å². The molecule has 0 aromatic rings. The normalized spacial score (nSPS) is 35.4. The number of β-amino-alcohol motifs (C(OH)–C–C–N with tert-alkyl or cyclic N) is 1. The molecule has 1 N–H and O–H groups in total. The van der Waals surface area contributed by atoms with E-state index in [0.29, 0.717) is 0 Å². The Hall–Kier alpha value is -0.0800. The van der Waals surface area contributed by atoms with Crippen molar-refractivity contribution in [3.63, 3.8) is 0 Å². The van der Waals surface area contributed by atoms with Gasteiger partial charge in [-0.25, -0.2) is 0 Å². The Kier molecular flexibility index (Phi) is 3.91. The zero-order chi connectivity index (χ0) is 11.6. The molecule has 0 bridgehead atoms. The zero-order valence-corrected chi connectivity index (χ0v) is 10.9. The first-order valence-corrected chi connectivity index (χ1v) is 7.09. The summed E-state index contributed by atoms with van der Waals surface area (Å²) in [6.07, 6.45) is 9.24. The molecule has 3 atom stereocenters. The highest BCUT2D eigenvalue weighted by Gasteiger charge is 2.35. The largest absolute Gasteiger partial charge is 0.389 e. The number of hydrogen-bond acceptors (Lipinski definition) is 2.